The summed E-state index contributed by atoms with van der Waals surface area (Å²) in [7, 11) is 0. The van der Waals surface area contributed by atoms with Crippen molar-refractivity contribution in [3.05, 3.63) is 52.8 Å². The number of rotatable bonds is 3. The molecule has 7 heteroatoms. The van der Waals surface area contributed by atoms with Crippen LogP contribution >= 0.6 is 11.6 Å². The highest BCUT2D eigenvalue weighted by Crippen LogP contribution is 2.34. The first-order chi connectivity index (χ1) is 9.79. The van der Waals surface area contributed by atoms with E-state index in [1.807, 2.05) is 0 Å². The van der Waals surface area contributed by atoms with Crippen molar-refractivity contribution in [2.75, 3.05) is 0 Å². The molecule has 21 heavy (non-hydrogen) atoms. The third-order valence-corrected chi connectivity index (χ3v) is 3.12. The molecule has 3 nitrogen and oxygen atoms in total. The van der Waals surface area contributed by atoms with Gasteiger partial charge in [0.2, 0.25) is 0 Å². The van der Waals surface area contributed by atoms with E-state index in [2.05, 4.69) is 4.98 Å². The van der Waals surface area contributed by atoms with Gasteiger partial charge in [0.25, 0.3) is 0 Å². The molecular weight excluding hydrogens is 307 g/mol. The molecule has 1 aromatic heterocycles. The molecule has 0 bridgehead atoms. The van der Waals surface area contributed by atoms with Crippen molar-refractivity contribution in [2.45, 2.75) is 12.6 Å². The Morgan fingerprint density at radius 2 is 1.81 bits per heavy atom. The van der Waals surface area contributed by atoms with E-state index in [1.54, 1.807) is 0 Å². The Kier molecular flexibility index (Phi) is 4.18. The molecule has 1 N–H and O–H groups in total. The van der Waals surface area contributed by atoms with E-state index in [-0.39, 0.29) is 11.6 Å². The Morgan fingerprint density at radius 3 is 2.33 bits per heavy atom. The second-order valence-corrected chi connectivity index (χ2v) is 4.64. The van der Waals surface area contributed by atoms with Crippen molar-refractivity contribution in [3.8, 4) is 11.1 Å². The fraction of sp³-hybridized carbons (Fsp3) is 0.143. The van der Waals surface area contributed by atoms with Crippen LogP contribution in [0.1, 0.15) is 11.1 Å². The second kappa shape index (κ2) is 5.73. The van der Waals surface area contributed by atoms with E-state index in [0.717, 1.165) is 12.1 Å². The lowest BCUT2D eigenvalue weighted by Crippen LogP contribution is -2.05. The average molecular weight is 316 g/mol. The summed E-state index contributed by atoms with van der Waals surface area (Å²) in [4.78, 5) is 14.7. The van der Waals surface area contributed by atoms with Crippen LogP contribution in [0.15, 0.2) is 36.5 Å². The molecule has 1 aromatic carbocycles. The minimum atomic E-state index is -4.43. The second-order valence-electron chi connectivity index (χ2n) is 4.28. The molecule has 110 valence electrons. The zero-order chi connectivity index (χ0) is 15.6. The number of aliphatic carboxylic acids is 1. The van der Waals surface area contributed by atoms with Crippen LogP contribution in [0.4, 0.5) is 13.2 Å². The van der Waals surface area contributed by atoms with Crippen LogP contribution in [0.3, 0.4) is 0 Å². The predicted molar refractivity (Wildman–Crippen MR) is 71.0 cm³/mol. The summed E-state index contributed by atoms with van der Waals surface area (Å²) in [6, 6.07) is 5.81. The van der Waals surface area contributed by atoms with Crippen LogP contribution in [-0.2, 0) is 17.4 Å². The van der Waals surface area contributed by atoms with Gasteiger partial charge in [0.1, 0.15) is 5.15 Å². The Hall–Kier alpha value is -2.08. The summed E-state index contributed by atoms with van der Waals surface area (Å²) in [5.41, 5.74) is 0.320. The molecule has 0 aliphatic rings. The number of alkyl halides is 3. The van der Waals surface area contributed by atoms with E-state index < -0.39 is 17.7 Å². The van der Waals surface area contributed by atoms with Crippen molar-refractivity contribution >= 4 is 17.6 Å². The minimum Gasteiger partial charge on any atom is -0.481 e. The molecular formula is C14H9ClF3NO2. The molecule has 2 aromatic rings. The Morgan fingerprint density at radius 1 is 1.19 bits per heavy atom. The molecule has 0 fully saturated rings. The standard InChI is InChI=1S/C14H9ClF3NO2/c15-13-12(9(5-6-19-13)7-11(20)21)8-1-3-10(4-2-8)14(16,17)18/h1-6H,7H2,(H,20,21). The first-order valence-corrected chi connectivity index (χ1v) is 6.19. The monoisotopic (exact) mass is 315 g/mol. The highest BCUT2D eigenvalue weighted by Gasteiger charge is 2.30. The van der Waals surface area contributed by atoms with Crippen LogP contribution in [-0.4, -0.2) is 16.1 Å². The number of pyridine rings is 1. The molecule has 0 radical (unpaired) electrons. The van der Waals surface area contributed by atoms with E-state index in [0.29, 0.717) is 16.7 Å². The molecule has 0 saturated heterocycles. The van der Waals surface area contributed by atoms with E-state index in [1.165, 1.54) is 24.4 Å². The van der Waals surface area contributed by atoms with Crippen LogP contribution in [0.25, 0.3) is 11.1 Å². The molecule has 0 saturated carbocycles. The van der Waals surface area contributed by atoms with Gasteiger partial charge in [-0.15, -0.1) is 0 Å². The summed E-state index contributed by atoms with van der Waals surface area (Å²) in [6.45, 7) is 0. The molecule has 0 spiro atoms. The Balaban J connectivity index is 2.49. The van der Waals surface area contributed by atoms with E-state index >= 15 is 0 Å². The van der Waals surface area contributed by atoms with Gasteiger partial charge >= 0.3 is 12.1 Å². The topological polar surface area (TPSA) is 50.2 Å². The van der Waals surface area contributed by atoms with Gasteiger partial charge in [0.15, 0.2) is 0 Å². The fourth-order valence-electron chi connectivity index (χ4n) is 1.91. The first kappa shape index (κ1) is 15.3. The summed E-state index contributed by atoms with van der Waals surface area (Å²) in [6.07, 6.45) is -3.37. The lowest BCUT2D eigenvalue weighted by atomic mass is 9.99. The van der Waals surface area contributed by atoms with E-state index in [9.17, 15) is 18.0 Å². The molecule has 0 unspecified atom stereocenters. The average Bonchev–Trinajstić information content (AvgIpc) is 2.37. The van der Waals surface area contributed by atoms with Crippen LogP contribution in [0.5, 0.6) is 0 Å². The van der Waals surface area contributed by atoms with Gasteiger partial charge in [-0.05, 0) is 29.3 Å². The SMILES string of the molecule is O=C(O)Cc1ccnc(Cl)c1-c1ccc(C(F)(F)F)cc1. The highest BCUT2D eigenvalue weighted by atomic mass is 35.5. The van der Waals surface area contributed by atoms with Crippen LogP contribution in [0.2, 0.25) is 5.15 Å². The number of hydrogen-bond donors (Lipinski definition) is 1. The summed E-state index contributed by atoms with van der Waals surface area (Å²) in [5, 5.41) is 8.92. The number of nitrogens with zero attached hydrogens (tertiary/aromatic N) is 1. The largest absolute Gasteiger partial charge is 0.481 e. The van der Waals surface area contributed by atoms with Crippen LogP contribution < -0.4 is 0 Å². The normalized spacial score (nSPS) is 11.4. The lowest BCUT2D eigenvalue weighted by Gasteiger charge is -2.11. The number of carboxylic acid groups (broad SMARTS) is 1. The molecule has 1 heterocycles. The lowest BCUT2D eigenvalue weighted by molar-refractivity contribution is -0.138. The third kappa shape index (κ3) is 3.52. The van der Waals surface area contributed by atoms with Gasteiger partial charge < -0.3 is 5.11 Å². The third-order valence-electron chi connectivity index (χ3n) is 2.83. The predicted octanol–water partition coefficient (Wildman–Crippen LogP) is 4.05. The maximum Gasteiger partial charge on any atom is 0.416 e. The molecule has 0 aliphatic heterocycles. The van der Waals surface area contributed by atoms with Crippen LogP contribution in [0, 0.1) is 0 Å². The zero-order valence-corrected chi connectivity index (χ0v) is 11.2. The molecule has 0 amide bonds. The van der Waals surface area contributed by atoms with E-state index in [4.69, 9.17) is 16.7 Å². The van der Waals surface area contributed by atoms with Gasteiger partial charge in [-0.2, -0.15) is 13.2 Å². The first-order valence-electron chi connectivity index (χ1n) is 5.82. The highest BCUT2D eigenvalue weighted by molar-refractivity contribution is 6.32. The number of carbonyl (C=O) groups is 1. The Bertz CT molecular complexity index is 669. The molecule has 0 atom stereocenters. The van der Waals surface area contributed by atoms with Gasteiger partial charge in [-0.1, -0.05) is 23.7 Å². The number of hydrogen-bond acceptors (Lipinski definition) is 2. The molecule has 0 aliphatic carbocycles. The van der Waals surface area contributed by atoms with Crippen molar-refractivity contribution in [1.82, 2.24) is 4.98 Å². The minimum absolute atomic E-state index is 0.0495. The quantitative estimate of drug-likeness (QED) is 0.869. The Labute approximate surface area is 123 Å². The maximum absolute atomic E-state index is 12.5. The number of carboxylic acids is 1. The fourth-order valence-corrected chi connectivity index (χ4v) is 2.20. The smallest absolute Gasteiger partial charge is 0.416 e. The number of benzene rings is 1. The van der Waals surface area contributed by atoms with Gasteiger partial charge in [-0.25, -0.2) is 4.98 Å². The molecule has 2 rings (SSSR count). The summed E-state index contributed by atoms with van der Waals surface area (Å²) >= 11 is 5.95. The van der Waals surface area contributed by atoms with Crippen molar-refractivity contribution < 1.29 is 23.1 Å². The van der Waals surface area contributed by atoms with Gasteiger partial charge in [-0.3, -0.25) is 4.79 Å². The van der Waals surface area contributed by atoms with Gasteiger partial charge in [0.05, 0.1) is 12.0 Å². The summed E-state index contributed by atoms with van der Waals surface area (Å²) < 4.78 is 37.6. The number of halogens is 4. The van der Waals surface area contributed by atoms with Crippen molar-refractivity contribution in [1.29, 1.82) is 0 Å². The zero-order valence-electron chi connectivity index (χ0n) is 10.5. The van der Waals surface area contributed by atoms with Crippen molar-refractivity contribution in [2.24, 2.45) is 0 Å². The number of aromatic nitrogens is 1. The van der Waals surface area contributed by atoms with Crippen molar-refractivity contribution in [3.63, 3.8) is 0 Å². The van der Waals surface area contributed by atoms with Gasteiger partial charge in [0, 0.05) is 11.8 Å². The summed E-state index contributed by atoms with van der Waals surface area (Å²) in [5.74, 6) is -1.06. The maximum atomic E-state index is 12.5.